The first kappa shape index (κ1) is 29.3. The predicted molar refractivity (Wildman–Crippen MR) is 176 cm³/mol. The summed E-state index contributed by atoms with van der Waals surface area (Å²) in [6, 6.07) is 24.3. The smallest absolute Gasteiger partial charge is 0 e. The molecule has 183 valence electrons. The van der Waals surface area contributed by atoms with Crippen molar-refractivity contribution in [2.24, 2.45) is 5.92 Å². The van der Waals surface area contributed by atoms with Crippen LogP contribution in [0.4, 0.5) is 0 Å². The molecule has 0 amide bonds. The molecule has 2 aliphatic rings. The van der Waals surface area contributed by atoms with Gasteiger partial charge in [0.1, 0.15) is 0 Å². The van der Waals surface area contributed by atoms with E-state index in [0.29, 0.717) is 5.92 Å². The summed E-state index contributed by atoms with van der Waals surface area (Å²) >= 11 is 0. The molecule has 4 aromatic rings. The quantitative estimate of drug-likeness (QED) is 0.214. The van der Waals surface area contributed by atoms with Crippen molar-refractivity contribution in [3.05, 3.63) is 110 Å². The number of fused-ring (bicyclic) bond motifs is 5. The molecule has 0 spiro atoms. The Morgan fingerprint density at radius 1 is 0.676 bits per heavy atom. The molecule has 0 fully saturated rings. The summed E-state index contributed by atoms with van der Waals surface area (Å²) in [6.45, 7) is 4.44. The maximum Gasteiger partial charge on any atom is 0 e. The van der Waals surface area contributed by atoms with Gasteiger partial charge in [-0.3, -0.25) is 0 Å². The van der Waals surface area contributed by atoms with E-state index in [0.717, 1.165) is 6.42 Å². The zero-order valence-corrected chi connectivity index (χ0v) is 29.6. The molecule has 1 radical (unpaired) electrons. The fraction of sp³-hybridized carbons (Fsp3) is 0.125. The molecule has 4 aromatic carbocycles. The van der Waals surface area contributed by atoms with Crippen molar-refractivity contribution in [1.29, 1.82) is 0 Å². The Labute approximate surface area is 257 Å². The third-order valence-corrected chi connectivity index (χ3v) is 8.11. The van der Waals surface area contributed by atoms with Crippen LogP contribution in [0.5, 0.6) is 0 Å². The largest absolute Gasteiger partial charge is 0.110 e. The van der Waals surface area contributed by atoms with E-state index in [-0.39, 0.29) is 35.6 Å². The first-order valence-electron chi connectivity index (χ1n) is 12.2. The second-order valence-electron chi connectivity index (χ2n) is 9.82. The fourth-order valence-corrected chi connectivity index (χ4v) is 6.42. The maximum atomic E-state index is 2.85. The zero-order valence-electron chi connectivity index (χ0n) is 21.3. The number of rotatable bonds is 0. The van der Waals surface area contributed by atoms with E-state index >= 15 is 0 Å². The summed E-state index contributed by atoms with van der Waals surface area (Å²) in [5.74, 6) is 0.462. The van der Waals surface area contributed by atoms with Crippen LogP contribution in [0.25, 0.3) is 35.1 Å². The topological polar surface area (TPSA) is 0 Å². The Bertz CT molecular complexity index is 1720. The monoisotopic (exact) mass is 679 g/mol. The summed E-state index contributed by atoms with van der Waals surface area (Å²) in [6.07, 6.45) is 10.3. The Hall–Kier alpha value is -0.725. The summed E-state index contributed by atoms with van der Waals surface area (Å²) in [5.41, 5.74) is 4.09. The van der Waals surface area contributed by atoms with Crippen LogP contribution >= 0.6 is 37.0 Å². The van der Waals surface area contributed by atoms with Gasteiger partial charge in [-0.05, 0) is 101 Å². The number of hydrogen-bond donors (Lipinski definition) is 0. The van der Waals surface area contributed by atoms with E-state index in [1.165, 1.54) is 69.6 Å². The molecule has 4 unspecified atom stereocenters. The second kappa shape index (κ2) is 12.6. The van der Waals surface area contributed by atoms with Gasteiger partial charge < -0.3 is 0 Å². The zero-order chi connectivity index (χ0) is 25.4. The molecule has 0 saturated heterocycles. The van der Waals surface area contributed by atoms with Crippen LogP contribution in [-0.2, 0) is 0 Å². The average Bonchev–Trinajstić information content (AvgIpc) is 3.05. The molecule has 0 aromatic heterocycles. The van der Waals surface area contributed by atoms with Crippen LogP contribution in [0, 0.1) is 52.0 Å². The van der Waals surface area contributed by atoms with Gasteiger partial charge in [0.15, 0.2) is 0 Å². The fourth-order valence-electron chi connectivity index (χ4n) is 5.09. The number of allylic oxidation sites excluding steroid dienone is 2. The first-order chi connectivity index (χ1) is 17.3. The van der Waals surface area contributed by atoms with Crippen LogP contribution in [0.3, 0.4) is 0 Å². The standard InChI is InChI=1S/2C16H16P2.La/c1-10-6-11-8-13(17)2-4-15(11)16-5-3-14(18)9-12(16)7-10;1-10-6-14(18)9-12-3-2-11-8-13(17)4-5-15(11)16(12)7-10;/h2-10H,17-18H2,1H3;2-5,7-9H,6,17-18H2,1H3;. The van der Waals surface area contributed by atoms with Gasteiger partial charge in [0, 0.05) is 35.6 Å². The molecule has 37 heavy (non-hydrogen) atoms. The first-order valence-corrected chi connectivity index (χ1v) is 14.5. The maximum absolute atomic E-state index is 2.85. The Morgan fingerprint density at radius 3 is 1.86 bits per heavy atom. The van der Waals surface area contributed by atoms with Gasteiger partial charge in [-0.2, -0.15) is 0 Å². The van der Waals surface area contributed by atoms with Crippen molar-refractivity contribution in [3.63, 3.8) is 0 Å². The van der Waals surface area contributed by atoms with E-state index in [9.17, 15) is 0 Å². The van der Waals surface area contributed by atoms with Crippen molar-refractivity contribution in [2.45, 2.75) is 20.3 Å². The summed E-state index contributed by atoms with van der Waals surface area (Å²) in [4.78, 5) is 0. The van der Waals surface area contributed by atoms with Crippen LogP contribution in [0.1, 0.15) is 31.4 Å². The van der Waals surface area contributed by atoms with Gasteiger partial charge in [-0.15, -0.1) is 37.0 Å². The molecule has 0 bridgehead atoms. The van der Waals surface area contributed by atoms with E-state index in [1.54, 1.807) is 0 Å². The summed E-state index contributed by atoms with van der Waals surface area (Å²) < 4.78 is 0. The van der Waals surface area contributed by atoms with Crippen LogP contribution in [-0.4, -0.2) is 0 Å². The van der Waals surface area contributed by atoms with Gasteiger partial charge in [0.25, 0.3) is 0 Å². The van der Waals surface area contributed by atoms with Crippen LogP contribution in [0.2, 0.25) is 0 Å². The third kappa shape index (κ3) is 6.89. The van der Waals surface area contributed by atoms with Crippen molar-refractivity contribution >= 4 is 87.9 Å². The van der Waals surface area contributed by atoms with Gasteiger partial charge in [-0.25, -0.2) is 0 Å². The Kier molecular flexibility index (Phi) is 9.99. The molecular weight excluding hydrogens is 647 g/mol. The molecule has 2 aliphatic carbocycles. The van der Waals surface area contributed by atoms with Gasteiger partial charge >= 0.3 is 0 Å². The van der Waals surface area contributed by atoms with Crippen molar-refractivity contribution in [2.75, 3.05) is 0 Å². The van der Waals surface area contributed by atoms with Crippen molar-refractivity contribution < 1.29 is 35.6 Å². The average molecular weight is 679 g/mol. The molecule has 0 saturated carbocycles. The van der Waals surface area contributed by atoms with Crippen molar-refractivity contribution in [3.8, 4) is 0 Å². The van der Waals surface area contributed by atoms with E-state index < -0.39 is 0 Å². The van der Waals surface area contributed by atoms with Crippen LogP contribution in [0.15, 0.2) is 77.6 Å². The van der Waals surface area contributed by atoms with E-state index in [4.69, 9.17) is 0 Å². The molecule has 5 heteroatoms. The van der Waals surface area contributed by atoms with Gasteiger partial charge in [0.2, 0.25) is 0 Å². The minimum absolute atomic E-state index is 0. The predicted octanol–water partition coefficient (Wildman–Crippen LogP) is 5.55. The molecule has 0 nitrogen and oxygen atoms in total. The minimum atomic E-state index is 0. The Balaban J connectivity index is 0.000000168. The second-order valence-corrected chi connectivity index (χ2v) is 12.6. The third-order valence-electron chi connectivity index (χ3n) is 6.66. The summed E-state index contributed by atoms with van der Waals surface area (Å²) in [5, 5.41) is 13.1. The SMILES string of the molecule is CC1=Cc2c(ccc3cc(P)ccc23)C=C(P)C1.CC1C=c2cc(P)ccc2=c2ccc(P)cc2=C1.[La]. The Morgan fingerprint density at radius 2 is 1.24 bits per heavy atom. The molecule has 6 rings (SSSR count). The van der Waals surface area contributed by atoms with Crippen molar-refractivity contribution in [1.82, 2.24) is 0 Å². The molecular formula is C32H32LaP4. The number of benzene rings is 4. The number of hydrogen-bond acceptors (Lipinski definition) is 0. The van der Waals surface area contributed by atoms with Gasteiger partial charge in [0.05, 0.1) is 0 Å². The molecule has 4 atom stereocenters. The molecule has 0 aliphatic heterocycles. The van der Waals surface area contributed by atoms with E-state index in [1.807, 2.05) is 0 Å². The van der Waals surface area contributed by atoms with Gasteiger partial charge in [-0.1, -0.05) is 85.3 Å². The normalized spacial score (nSPS) is 14.0. The minimum Gasteiger partial charge on any atom is -0.110 e. The van der Waals surface area contributed by atoms with E-state index in [2.05, 4.69) is 142 Å². The molecule has 0 N–H and O–H groups in total. The van der Waals surface area contributed by atoms with Crippen LogP contribution < -0.4 is 26.4 Å². The molecule has 0 heterocycles. The summed E-state index contributed by atoms with van der Waals surface area (Å²) in [7, 11) is 11.2.